The normalized spacial score (nSPS) is 16.4. The molecule has 0 atom stereocenters. The van der Waals surface area contributed by atoms with Crippen LogP contribution >= 0.6 is 15.9 Å². The Morgan fingerprint density at radius 2 is 2.12 bits per heavy atom. The van der Waals surface area contributed by atoms with Gasteiger partial charge in [-0.3, -0.25) is 4.79 Å². The van der Waals surface area contributed by atoms with E-state index in [2.05, 4.69) is 21.2 Å². The molecule has 1 amide bonds. The Kier molecular flexibility index (Phi) is 3.58. The molecule has 1 fully saturated rings. The predicted octanol–water partition coefficient (Wildman–Crippen LogP) is 2.45. The molecule has 1 aliphatic rings. The summed E-state index contributed by atoms with van der Waals surface area (Å²) in [6.07, 6.45) is -0.389. The molecule has 0 aliphatic carbocycles. The quantitative estimate of drug-likeness (QED) is 0.908. The lowest BCUT2D eigenvalue weighted by molar-refractivity contribution is -0.114. The summed E-state index contributed by atoms with van der Waals surface area (Å²) in [6, 6.07) is 5.58. The lowest BCUT2D eigenvalue weighted by atomic mass is 10.1. The van der Waals surface area contributed by atoms with Gasteiger partial charge in [-0.15, -0.1) is 0 Å². The smallest absolute Gasteiger partial charge is 0.221 e. The van der Waals surface area contributed by atoms with Crippen molar-refractivity contribution in [3.8, 4) is 0 Å². The van der Waals surface area contributed by atoms with Gasteiger partial charge >= 0.3 is 0 Å². The molecule has 16 heavy (non-hydrogen) atoms. The highest BCUT2D eigenvalue weighted by molar-refractivity contribution is 9.10. The predicted molar refractivity (Wildman–Crippen MR) is 63.1 cm³/mol. The summed E-state index contributed by atoms with van der Waals surface area (Å²) < 4.78 is 11.8. The van der Waals surface area contributed by atoms with E-state index in [1.165, 1.54) is 6.92 Å². The van der Waals surface area contributed by atoms with Crippen LogP contribution in [-0.2, 0) is 14.3 Å². The molecule has 5 heteroatoms. The van der Waals surface area contributed by atoms with E-state index in [9.17, 15) is 4.79 Å². The lowest BCUT2D eigenvalue weighted by Crippen LogP contribution is -2.10. The van der Waals surface area contributed by atoms with Crippen molar-refractivity contribution in [3.05, 3.63) is 28.2 Å². The van der Waals surface area contributed by atoms with Gasteiger partial charge in [-0.25, -0.2) is 0 Å². The molecule has 0 aromatic heterocycles. The molecule has 0 radical (unpaired) electrons. The molecule has 0 spiro atoms. The molecular weight excluding hydrogens is 274 g/mol. The fourth-order valence-corrected chi connectivity index (χ4v) is 1.95. The van der Waals surface area contributed by atoms with Crippen molar-refractivity contribution in [2.45, 2.75) is 13.2 Å². The second-order valence-electron chi connectivity index (χ2n) is 3.49. The average Bonchev–Trinajstić information content (AvgIpc) is 2.73. The summed E-state index contributed by atoms with van der Waals surface area (Å²) in [5.41, 5.74) is 1.56. The van der Waals surface area contributed by atoms with Crippen LogP contribution in [0.25, 0.3) is 0 Å². The molecule has 0 unspecified atom stereocenters. The summed E-state index contributed by atoms with van der Waals surface area (Å²) in [7, 11) is 0. The van der Waals surface area contributed by atoms with Gasteiger partial charge in [0.05, 0.1) is 13.2 Å². The van der Waals surface area contributed by atoms with Crippen LogP contribution in [0.4, 0.5) is 5.69 Å². The van der Waals surface area contributed by atoms with Gasteiger partial charge in [-0.1, -0.05) is 15.9 Å². The molecule has 1 aromatic carbocycles. The number of anilines is 1. The zero-order valence-electron chi connectivity index (χ0n) is 8.83. The lowest BCUT2D eigenvalue weighted by Gasteiger charge is -2.15. The van der Waals surface area contributed by atoms with Gasteiger partial charge in [0.1, 0.15) is 0 Å². The van der Waals surface area contributed by atoms with Crippen molar-refractivity contribution in [1.29, 1.82) is 0 Å². The van der Waals surface area contributed by atoms with Crippen LogP contribution in [0.5, 0.6) is 0 Å². The first-order valence-corrected chi connectivity index (χ1v) is 5.76. The second kappa shape index (κ2) is 4.95. The van der Waals surface area contributed by atoms with E-state index < -0.39 is 0 Å². The third-order valence-corrected chi connectivity index (χ3v) is 2.69. The van der Waals surface area contributed by atoms with Crippen molar-refractivity contribution in [2.75, 3.05) is 18.5 Å². The van der Waals surface area contributed by atoms with E-state index in [1.807, 2.05) is 18.2 Å². The minimum absolute atomic E-state index is 0.110. The van der Waals surface area contributed by atoms with Crippen LogP contribution in [0, 0.1) is 0 Å². The Morgan fingerprint density at radius 3 is 2.75 bits per heavy atom. The first-order chi connectivity index (χ1) is 7.66. The molecule has 0 saturated carbocycles. The highest BCUT2D eigenvalue weighted by Gasteiger charge is 2.21. The van der Waals surface area contributed by atoms with Crippen molar-refractivity contribution in [1.82, 2.24) is 0 Å². The van der Waals surface area contributed by atoms with Crippen LogP contribution in [-0.4, -0.2) is 19.1 Å². The van der Waals surface area contributed by atoms with Gasteiger partial charge in [-0.05, 0) is 18.2 Å². The number of nitrogens with one attached hydrogen (secondary N) is 1. The number of hydrogen-bond donors (Lipinski definition) is 1. The minimum Gasteiger partial charge on any atom is -0.346 e. The number of amides is 1. The third-order valence-electron chi connectivity index (χ3n) is 2.20. The van der Waals surface area contributed by atoms with Crippen molar-refractivity contribution in [2.24, 2.45) is 0 Å². The molecule has 2 rings (SSSR count). The van der Waals surface area contributed by atoms with Gasteiger partial charge in [0, 0.05) is 22.6 Å². The molecule has 1 aromatic rings. The number of benzene rings is 1. The summed E-state index contributed by atoms with van der Waals surface area (Å²) in [4.78, 5) is 11.1. The molecule has 86 valence electrons. The number of halogens is 1. The zero-order valence-corrected chi connectivity index (χ0v) is 10.4. The molecule has 4 nitrogen and oxygen atoms in total. The Hall–Kier alpha value is -0.910. The fourth-order valence-electron chi connectivity index (χ4n) is 1.57. The van der Waals surface area contributed by atoms with Crippen LogP contribution in [0.1, 0.15) is 18.8 Å². The summed E-state index contributed by atoms with van der Waals surface area (Å²) in [5, 5.41) is 2.76. The SMILES string of the molecule is CC(=O)Nc1ccc(Br)cc1C1OCCO1. The Morgan fingerprint density at radius 1 is 1.44 bits per heavy atom. The minimum atomic E-state index is -0.389. The summed E-state index contributed by atoms with van der Waals surface area (Å²) in [6.45, 7) is 2.63. The molecule has 1 saturated heterocycles. The van der Waals surface area contributed by atoms with E-state index >= 15 is 0 Å². The van der Waals surface area contributed by atoms with Gasteiger partial charge in [0.2, 0.25) is 5.91 Å². The van der Waals surface area contributed by atoms with E-state index in [-0.39, 0.29) is 12.2 Å². The topological polar surface area (TPSA) is 47.6 Å². The highest BCUT2D eigenvalue weighted by Crippen LogP contribution is 2.31. The maximum Gasteiger partial charge on any atom is 0.221 e. The Labute approximate surface area is 102 Å². The van der Waals surface area contributed by atoms with Crippen molar-refractivity contribution < 1.29 is 14.3 Å². The van der Waals surface area contributed by atoms with E-state index in [0.29, 0.717) is 13.2 Å². The van der Waals surface area contributed by atoms with E-state index in [0.717, 1.165) is 15.7 Å². The number of carbonyl (C=O) groups excluding carboxylic acids is 1. The van der Waals surface area contributed by atoms with E-state index in [1.54, 1.807) is 0 Å². The van der Waals surface area contributed by atoms with E-state index in [4.69, 9.17) is 9.47 Å². The van der Waals surface area contributed by atoms with Crippen molar-refractivity contribution in [3.63, 3.8) is 0 Å². The van der Waals surface area contributed by atoms with Crippen LogP contribution in [0.15, 0.2) is 22.7 Å². The molecular formula is C11H12BrNO3. The average molecular weight is 286 g/mol. The maximum atomic E-state index is 11.1. The largest absolute Gasteiger partial charge is 0.346 e. The molecule has 1 N–H and O–H groups in total. The second-order valence-corrected chi connectivity index (χ2v) is 4.40. The summed E-state index contributed by atoms with van der Waals surface area (Å²) in [5.74, 6) is -0.110. The van der Waals surface area contributed by atoms with Gasteiger partial charge < -0.3 is 14.8 Å². The maximum absolute atomic E-state index is 11.1. The third kappa shape index (κ3) is 2.61. The Bertz CT molecular complexity index is 402. The van der Waals surface area contributed by atoms with Gasteiger partial charge in [-0.2, -0.15) is 0 Å². The number of ether oxygens (including phenoxy) is 2. The first-order valence-electron chi connectivity index (χ1n) is 4.97. The first kappa shape index (κ1) is 11.6. The molecule has 1 heterocycles. The fraction of sp³-hybridized carbons (Fsp3) is 0.364. The molecule has 1 aliphatic heterocycles. The van der Waals surface area contributed by atoms with Crippen LogP contribution < -0.4 is 5.32 Å². The number of carbonyl (C=O) groups is 1. The van der Waals surface area contributed by atoms with Crippen LogP contribution in [0.2, 0.25) is 0 Å². The Balaban J connectivity index is 2.31. The zero-order chi connectivity index (χ0) is 11.5. The van der Waals surface area contributed by atoms with Gasteiger partial charge in [0.15, 0.2) is 6.29 Å². The highest BCUT2D eigenvalue weighted by atomic mass is 79.9. The molecule has 0 bridgehead atoms. The van der Waals surface area contributed by atoms with Crippen LogP contribution in [0.3, 0.4) is 0 Å². The van der Waals surface area contributed by atoms with Crippen molar-refractivity contribution >= 4 is 27.5 Å². The standard InChI is InChI=1S/C11H12BrNO3/c1-7(14)13-10-3-2-8(12)6-9(10)11-15-4-5-16-11/h2-3,6,11H,4-5H2,1H3,(H,13,14). The summed E-state index contributed by atoms with van der Waals surface area (Å²) >= 11 is 3.39. The number of rotatable bonds is 2. The monoisotopic (exact) mass is 285 g/mol. The van der Waals surface area contributed by atoms with Gasteiger partial charge in [0.25, 0.3) is 0 Å². The number of hydrogen-bond acceptors (Lipinski definition) is 3.